The van der Waals surface area contributed by atoms with Gasteiger partial charge in [0.05, 0.1) is 19.0 Å². The highest BCUT2D eigenvalue weighted by Gasteiger charge is 2.30. The van der Waals surface area contributed by atoms with Crippen molar-refractivity contribution in [1.29, 1.82) is 0 Å². The highest BCUT2D eigenvalue weighted by atomic mass is 16.4. The molecule has 0 spiro atoms. The smallest absolute Gasteiger partial charge is 0.236 e. The molecule has 1 saturated heterocycles. The number of rotatable bonds is 7. The van der Waals surface area contributed by atoms with Gasteiger partial charge in [-0.1, -0.05) is 0 Å². The van der Waals surface area contributed by atoms with Crippen molar-refractivity contribution in [3.8, 4) is 0 Å². The van der Waals surface area contributed by atoms with Gasteiger partial charge in [0.15, 0.2) is 0 Å². The largest absolute Gasteiger partial charge is 0.467 e. The van der Waals surface area contributed by atoms with Crippen molar-refractivity contribution in [2.45, 2.75) is 38.0 Å². The van der Waals surface area contributed by atoms with E-state index in [1.165, 1.54) is 0 Å². The van der Waals surface area contributed by atoms with Crippen LogP contribution in [-0.4, -0.2) is 56.8 Å². The molecule has 2 unspecified atom stereocenters. The molecule has 1 aliphatic rings. The second kappa shape index (κ2) is 7.84. The van der Waals surface area contributed by atoms with Crippen LogP contribution in [0.4, 0.5) is 0 Å². The summed E-state index contributed by atoms with van der Waals surface area (Å²) in [7, 11) is 3.68. The van der Waals surface area contributed by atoms with Crippen LogP contribution in [-0.2, 0) is 18.4 Å². The molecule has 7 heteroatoms. The number of hydrogen-bond acceptors (Lipinski definition) is 5. The number of carbonyl (C=O) groups excluding carboxylic acids is 1. The third-order valence-electron chi connectivity index (χ3n) is 4.81. The van der Waals surface area contributed by atoms with Gasteiger partial charge < -0.3 is 14.4 Å². The highest BCUT2D eigenvalue weighted by molar-refractivity contribution is 5.78. The van der Waals surface area contributed by atoms with Gasteiger partial charge in [0, 0.05) is 38.4 Å². The Morgan fingerprint density at radius 1 is 1.56 bits per heavy atom. The maximum atomic E-state index is 12.5. The number of aliphatic hydroxyl groups excluding tert-OH is 1. The summed E-state index contributed by atoms with van der Waals surface area (Å²) in [5.41, 5.74) is 1.02. The molecule has 7 nitrogen and oxygen atoms in total. The number of aryl methyl sites for hydroxylation is 1. The summed E-state index contributed by atoms with van der Waals surface area (Å²) < 4.78 is 7.01. The standard InChI is InChI=1S/C18H26N4O3/c1-20(11-14-10-19-21(2)12-14)18(24)13-22-7-3-5-15(22)9-16(23)17-6-4-8-25-17/h4,6,8,10,12,15-16,23H,3,5,7,9,11,13H2,1-2H3. The molecule has 25 heavy (non-hydrogen) atoms. The van der Waals surface area contributed by atoms with E-state index in [-0.39, 0.29) is 11.9 Å². The minimum absolute atomic E-state index is 0.0863. The monoisotopic (exact) mass is 346 g/mol. The summed E-state index contributed by atoms with van der Waals surface area (Å²) >= 11 is 0. The van der Waals surface area contributed by atoms with Crippen LogP contribution in [0.1, 0.15) is 36.7 Å². The fraction of sp³-hybridized carbons (Fsp3) is 0.556. The van der Waals surface area contributed by atoms with Gasteiger partial charge in [-0.15, -0.1) is 0 Å². The average molecular weight is 346 g/mol. The summed E-state index contributed by atoms with van der Waals surface area (Å²) in [6.45, 7) is 1.83. The summed E-state index contributed by atoms with van der Waals surface area (Å²) in [5.74, 6) is 0.676. The number of amides is 1. The first-order valence-corrected chi connectivity index (χ1v) is 8.70. The van der Waals surface area contributed by atoms with E-state index in [1.807, 2.05) is 20.3 Å². The van der Waals surface area contributed by atoms with Crippen LogP contribution < -0.4 is 0 Å². The Labute approximate surface area is 147 Å². The van der Waals surface area contributed by atoms with Crippen LogP contribution in [0.15, 0.2) is 35.2 Å². The lowest BCUT2D eigenvalue weighted by Crippen LogP contribution is -2.40. The molecule has 1 amide bonds. The minimum atomic E-state index is -0.621. The highest BCUT2D eigenvalue weighted by Crippen LogP contribution is 2.27. The van der Waals surface area contributed by atoms with E-state index in [0.29, 0.717) is 25.3 Å². The summed E-state index contributed by atoms with van der Waals surface area (Å²) in [5, 5.41) is 14.4. The van der Waals surface area contributed by atoms with Gasteiger partial charge in [0.2, 0.25) is 5.91 Å². The first kappa shape index (κ1) is 17.7. The molecule has 2 atom stereocenters. The Bertz CT molecular complexity index is 682. The van der Waals surface area contributed by atoms with E-state index in [0.717, 1.165) is 24.9 Å². The van der Waals surface area contributed by atoms with Gasteiger partial charge in [-0.25, -0.2) is 0 Å². The molecule has 1 aliphatic heterocycles. The second-order valence-corrected chi connectivity index (χ2v) is 6.81. The van der Waals surface area contributed by atoms with Crippen molar-refractivity contribution in [3.05, 3.63) is 42.1 Å². The number of aliphatic hydroxyl groups is 1. The van der Waals surface area contributed by atoms with Gasteiger partial charge in [-0.3, -0.25) is 14.4 Å². The van der Waals surface area contributed by atoms with Gasteiger partial charge >= 0.3 is 0 Å². The quantitative estimate of drug-likeness (QED) is 0.823. The molecular weight excluding hydrogens is 320 g/mol. The normalized spacial score (nSPS) is 19.2. The molecule has 0 saturated carbocycles. The number of carbonyl (C=O) groups is 1. The van der Waals surface area contributed by atoms with Crippen LogP contribution in [0.3, 0.4) is 0 Å². The predicted octanol–water partition coefficient (Wildman–Crippen LogP) is 1.56. The average Bonchev–Trinajstić information content (AvgIpc) is 3.31. The van der Waals surface area contributed by atoms with E-state index >= 15 is 0 Å². The Balaban J connectivity index is 1.52. The molecule has 136 valence electrons. The van der Waals surface area contributed by atoms with E-state index in [1.54, 1.807) is 34.2 Å². The van der Waals surface area contributed by atoms with E-state index in [9.17, 15) is 9.90 Å². The molecule has 0 aliphatic carbocycles. The van der Waals surface area contributed by atoms with Crippen LogP contribution >= 0.6 is 0 Å². The van der Waals surface area contributed by atoms with E-state index in [2.05, 4.69) is 10.00 Å². The Hall–Kier alpha value is -2.12. The molecule has 2 aromatic heterocycles. The molecule has 0 aromatic carbocycles. The zero-order chi connectivity index (χ0) is 17.8. The first-order chi connectivity index (χ1) is 12.0. The van der Waals surface area contributed by atoms with Crippen molar-refractivity contribution < 1.29 is 14.3 Å². The summed E-state index contributed by atoms with van der Waals surface area (Å²) in [6.07, 6.45) is 7.29. The lowest BCUT2D eigenvalue weighted by molar-refractivity contribution is -0.132. The van der Waals surface area contributed by atoms with Crippen LogP contribution in [0.2, 0.25) is 0 Å². The van der Waals surface area contributed by atoms with Crippen molar-refractivity contribution >= 4 is 5.91 Å². The zero-order valence-electron chi connectivity index (χ0n) is 14.8. The lowest BCUT2D eigenvalue weighted by atomic mass is 10.1. The zero-order valence-corrected chi connectivity index (χ0v) is 14.8. The third-order valence-corrected chi connectivity index (χ3v) is 4.81. The fourth-order valence-corrected chi connectivity index (χ4v) is 3.43. The SMILES string of the molecule is CN(Cc1cnn(C)c1)C(=O)CN1CCCC1CC(O)c1ccco1. The lowest BCUT2D eigenvalue weighted by Gasteiger charge is -2.27. The summed E-state index contributed by atoms with van der Waals surface area (Å²) in [4.78, 5) is 16.5. The van der Waals surface area contributed by atoms with Crippen molar-refractivity contribution in [1.82, 2.24) is 19.6 Å². The van der Waals surface area contributed by atoms with Gasteiger partial charge in [0.25, 0.3) is 0 Å². The molecule has 1 fully saturated rings. The van der Waals surface area contributed by atoms with Crippen LogP contribution in [0.25, 0.3) is 0 Å². The Morgan fingerprint density at radius 3 is 3.08 bits per heavy atom. The number of aromatic nitrogens is 2. The molecule has 2 aromatic rings. The molecule has 0 bridgehead atoms. The molecule has 1 N–H and O–H groups in total. The topological polar surface area (TPSA) is 74.7 Å². The number of hydrogen-bond donors (Lipinski definition) is 1. The van der Waals surface area contributed by atoms with Gasteiger partial charge in [-0.2, -0.15) is 5.10 Å². The number of nitrogens with zero attached hydrogens (tertiary/aromatic N) is 4. The Morgan fingerprint density at radius 2 is 2.40 bits per heavy atom. The Kier molecular flexibility index (Phi) is 5.55. The molecule has 0 radical (unpaired) electrons. The number of furan rings is 1. The fourth-order valence-electron chi connectivity index (χ4n) is 3.43. The predicted molar refractivity (Wildman–Crippen MR) is 92.6 cm³/mol. The van der Waals surface area contributed by atoms with Crippen LogP contribution in [0.5, 0.6) is 0 Å². The maximum Gasteiger partial charge on any atom is 0.236 e. The van der Waals surface area contributed by atoms with Crippen molar-refractivity contribution in [2.75, 3.05) is 20.1 Å². The third kappa shape index (κ3) is 4.49. The van der Waals surface area contributed by atoms with Crippen LogP contribution in [0, 0.1) is 0 Å². The van der Waals surface area contributed by atoms with Gasteiger partial charge in [0.1, 0.15) is 11.9 Å². The van der Waals surface area contributed by atoms with Crippen molar-refractivity contribution in [2.24, 2.45) is 7.05 Å². The molecular formula is C18H26N4O3. The van der Waals surface area contributed by atoms with Gasteiger partial charge in [-0.05, 0) is 37.9 Å². The first-order valence-electron chi connectivity index (χ1n) is 8.70. The second-order valence-electron chi connectivity index (χ2n) is 6.81. The maximum absolute atomic E-state index is 12.5. The molecule has 3 rings (SSSR count). The molecule has 3 heterocycles. The summed E-state index contributed by atoms with van der Waals surface area (Å²) in [6, 6.07) is 3.77. The van der Waals surface area contributed by atoms with E-state index < -0.39 is 6.10 Å². The number of likely N-dealkylation sites (N-methyl/N-ethyl adjacent to an activating group) is 1. The van der Waals surface area contributed by atoms with Crippen molar-refractivity contribution in [3.63, 3.8) is 0 Å². The van der Waals surface area contributed by atoms with E-state index in [4.69, 9.17) is 4.42 Å². The minimum Gasteiger partial charge on any atom is -0.467 e. The number of likely N-dealkylation sites (tertiary alicyclic amines) is 1.